The summed E-state index contributed by atoms with van der Waals surface area (Å²) >= 11 is 0. The Bertz CT molecular complexity index is 466. The number of rotatable bonds is 4. The molecule has 0 saturated carbocycles. The van der Waals surface area contributed by atoms with Gasteiger partial charge in [0, 0.05) is 28.9 Å². The second kappa shape index (κ2) is 4.87. The van der Waals surface area contributed by atoms with Crippen molar-refractivity contribution in [1.29, 1.82) is 0 Å². The van der Waals surface area contributed by atoms with Gasteiger partial charge in [-0.25, -0.2) is 9.89 Å². The predicted octanol–water partition coefficient (Wildman–Crippen LogP) is -1.36. The third-order valence-corrected chi connectivity index (χ3v) is 2.55. The molecular formula is C7H12N4O3S. The van der Waals surface area contributed by atoms with Crippen LogP contribution in [0.25, 0.3) is 0 Å². The van der Waals surface area contributed by atoms with Crippen LogP contribution in [0.4, 0.5) is 5.82 Å². The summed E-state index contributed by atoms with van der Waals surface area (Å²) < 4.78 is 10.9. The Balaban J connectivity index is 2.77. The molecule has 0 radical (unpaired) electrons. The van der Waals surface area contributed by atoms with E-state index < -0.39 is 22.0 Å². The van der Waals surface area contributed by atoms with Gasteiger partial charge in [-0.1, -0.05) is 0 Å². The highest BCUT2D eigenvalue weighted by Gasteiger charge is 2.08. The van der Waals surface area contributed by atoms with E-state index in [-0.39, 0.29) is 11.9 Å². The van der Waals surface area contributed by atoms with Gasteiger partial charge in [-0.3, -0.25) is 14.0 Å². The van der Waals surface area contributed by atoms with Gasteiger partial charge in [0.15, 0.2) is 0 Å². The lowest BCUT2D eigenvalue weighted by Crippen LogP contribution is -2.31. The van der Waals surface area contributed by atoms with Crippen LogP contribution in [0.3, 0.4) is 0 Å². The van der Waals surface area contributed by atoms with Gasteiger partial charge in [-0.05, 0) is 6.92 Å². The van der Waals surface area contributed by atoms with Crippen LogP contribution < -0.4 is 16.6 Å². The molecule has 84 valence electrons. The van der Waals surface area contributed by atoms with Gasteiger partial charge >= 0.3 is 5.69 Å². The maximum atomic E-state index is 11.2. The van der Waals surface area contributed by atoms with Gasteiger partial charge in [0.2, 0.25) is 5.82 Å². The molecule has 0 spiro atoms. The number of hydrogen-bond acceptors (Lipinski definition) is 5. The number of aromatic nitrogens is 3. The van der Waals surface area contributed by atoms with Crippen LogP contribution in [-0.2, 0) is 10.8 Å². The fourth-order valence-corrected chi connectivity index (χ4v) is 1.86. The van der Waals surface area contributed by atoms with E-state index in [1.807, 2.05) is 4.98 Å². The summed E-state index contributed by atoms with van der Waals surface area (Å²) in [6, 6.07) is -0.157. The molecule has 0 amide bonds. The maximum Gasteiger partial charge on any atom is 0.342 e. The first-order valence-electron chi connectivity index (χ1n) is 4.24. The van der Waals surface area contributed by atoms with Crippen LogP contribution in [0.5, 0.6) is 0 Å². The highest BCUT2D eigenvalue weighted by molar-refractivity contribution is 7.84. The molecule has 7 nitrogen and oxygen atoms in total. The van der Waals surface area contributed by atoms with Crippen LogP contribution >= 0.6 is 0 Å². The Labute approximate surface area is 87.8 Å². The molecule has 0 saturated heterocycles. The van der Waals surface area contributed by atoms with E-state index in [9.17, 15) is 13.8 Å². The molecule has 1 aromatic rings. The van der Waals surface area contributed by atoms with E-state index in [0.29, 0.717) is 5.75 Å². The summed E-state index contributed by atoms with van der Waals surface area (Å²) in [5.74, 6) is 0.424. The quantitative estimate of drug-likeness (QED) is 0.594. The molecule has 0 fully saturated rings. The average molecular weight is 232 g/mol. The number of hydrogen-bond donors (Lipinski definition) is 3. The smallest absolute Gasteiger partial charge is 0.342 e. The summed E-state index contributed by atoms with van der Waals surface area (Å²) in [7, 11) is -0.955. The maximum absolute atomic E-state index is 11.2. The number of nitrogens with one attached hydrogen (secondary N) is 3. The summed E-state index contributed by atoms with van der Waals surface area (Å²) in [4.78, 5) is 23.9. The molecular weight excluding hydrogens is 220 g/mol. The van der Waals surface area contributed by atoms with E-state index in [1.54, 1.807) is 13.2 Å². The minimum absolute atomic E-state index is 0.0209. The minimum atomic E-state index is -0.955. The number of nitrogens with zero attached hydrogens (tertiary/aromatic N) is 1. The fourth-order valence-electron chi connectivity index (χ4n) is 1.07. The van der Waals surface area contributed by atoms with Gasteiger partial charge in [0.05, 0.1) is 0 Å². The molecule has 0 aromatic carbocycles. The van der Waals surface area contributed by atoms with Gasteiger partial charge in [-0.2, -0.15) is 0 Å². The summed E-state index contributed by atoms with van der Waals surface area (Å²) in [6.07, 6.45) is 1.57. The first-order valence-corrected chi connectivity index (χ1v) is 5.97. The van der Waals surface area contributed by atoms with Gasteiger partial charge in [0.1, 0.15) is 0 Å². The third kappa shape index (κ3) is 3.66. The van der Waals surface area contributed by atoms with Crippen LogP contribution in [0.2, 0.25) is 0 Å². The van der Waals surface area contributed by atoms with Gasteiger partial charge < -0.3 is 5.32 Å². The number of H-pyrrole nitrogens is 2. The van der Waals surface area contributed by atoms with Crippen LogP contribution in [0.15, 0.2) is 9.59 Å². The summed E-state index contributed by atoms with van der Waals surface area (Å²) in [5.41, 5.74) is -1.25. The highest BCUT2D eigenvalue weighted by atomic mass is 32.2. The molecule has 2 unspecified atom stereocenters. The largest absolute Gasteiger partial charge is 0.361 e. The van der Waals surface area contributed by atoms with E-state index >= 15 is 0 Å². The lowest BCUT2D eigenvalue weighted by molar-refractivity contribution is 0.682. The zero-order valence-corrected chi connectivity index (χ0v) is 9.18. The molecule has 0 aliphatic rings. The molecule has 0 aliphatic carbocycles. The SMILES string of the molecule is CC(CS(C)=O)Nc1n[nH]c(=O)[nH]c1=O. The molecule has 1 heterocycles. The van der Waals surface area contributed by atoms with Crippen molar-refractivity contribution in [3.8, 4) is 0 Å². The van der Waals surface area contributed by atoms with Crippen molar-refractivity contribution in [3.63, 3.8) is 0 Å². The Morgan fingerprint density at radius 2 is 2.20 bits per heavy atom. The Morgan fingerprint density at radius 3 is 2.73 bits per heavy atom. The molecule has 8 heteroatoms. The van der Waals surface area contributed by atoms with Crippen molar-refractivity contribution < 1.29 is 4.21 Å². The second-order valence-electron chi connectivity index (χ2n) is 3.14. The van der Waals surface area contributed by atoms with Gasteiger partial charge in [-0.15, -0.1) is 5.10 Å². The zero-order valence-electron chi connectivity index (χ0n) is 8.36. The molecule has 3 N–H and O–H groups in total. The lowest BCUT2D eigenvalue weighted by atomic mass is 10.4. The molecule has 2 atom stereocenters. The van der Waals surface area contributed by atoms with Crippen molar-refractivity contribution in [2.24, 2.45) is 0 Å². The van der Waals surface area contributed by atoms with Crippen LogP contribution in [-0.4, -0.2) is 37.4 Å². The van der Waals surface area contributed by atoms with E-state index in [1.165, 1.54) is 0 Å². The van der Waals surface area contributed by atoms with Gasteiger partial charge in [0.25, 0.3) is 5.56 Å². The van der Waals surface area contributed by atoms with Crippen molar-refractivity contribution in [2.45, 2.75) is 13.0 Å². The topological polar surface area (TPSA) is 108 Å². The van der Waals surface area contributed by atoms with Crippen molar-refractivity contribution in [3.05, 3.63) is 20.8 Å². The van der Waals surface area contributed by atoms with Crippen LogP contribution in [0, 0.1) is 0 Å². The molecule has 1 aromatic heterocycles. The Morgan fingerprint density at radius 1 is 1.53 bits per heavy atom. The van der Waals surface area contributed by atoms with E-state index in [2.05, 4.69) is 15.5 Å². The standard InChI is InChI=1S/C7H12N4O3S/c1-4(3-15(2)14)8-5-6(12)9-7(13)11-10-5/h4H,3H2,1-2H3,(H,8,10)(H2,9,11,12,13). The molecule has 0 bridgehead atoms. The number of anilines is 1. The number of aromatic amines is 2. The van der Waals surface area contributed by atoms with Crippen molar-refractivity contribution in [1.82, 2.24) is 15.2 Å². The van der Waals surface area contributed by atoms with Crippen molar-refractivity contribution in [2.75, 3.05) is 17.3 Å². The minimum Gasteiger partial charge on any atom is -0.361 e. The fraction of sp³-hybridized carbons (Fsp3) is 0.571. The molecule has 15 heavy (non-hydrogen) atoms. The second-order valence-corrected chi connectivity index (χ2v) is 4.62. The predicted molar refractivity (Wildman–Crippen MR) is 57.5 cm³/mol. The van der Waals surface area contributed by atoms with E-state index in [0.717, 1.165) is 0 Å². The Hall–Kier alpha value is -1.44. The average Bonchev–Trinajstić information content (AvgIpc) is 2.08. The highest BCUT2D eigenvalue weighted by Crippen LogP contribution is 1.94. The zero-order chi connectivity index (χ0) is 11.4. The van der Waals surface area contributed by atoms with Crippen LogP contribution in [0.1, 0.15) is 6.92 Å². The van der Waals surface area contributed by atoms with E-state index in [4.69, 9.17) is 0 Å². The summed E-state index contributed by atoms with van der Waals surface area (Å²) in [6.45, 7) is 1.77. The molecule has 1 rings (SSSR count). The molecule has 0 aliphatic heterocycles. The first-order chi connectivity index (χ1) is 6.99. The Kier molecular flexibility index (Phi) is 3.78. The van der Waals surface area contributed by atoms with Crippen molar-refractivity contribution >= 4 is 16.6 Å². The first kappa shape index (κ1) is 11.6. The third-order valence-electron chi connectivity index (χ3n) is 1.58. The normalized spacial score (nSPS) is 14.5. The summed E-state index contributed by atoms with van der Waals surface area (Å²) in [5, 5.41) is 8.38. The monoisotopic (exact) mass is 232 g/mol. The lowest BCUT2D eigenvalue weighted by Gasteiger charge is -2.10.